The molecule has 3 heterocycles. The third kappa shape index (κ3) is 10.6. The first-order chi connectivity index (χ1) is 24.0. The van der Waals surface area contributed by atoms with E-state index in [-0.39, 0.29) is 34.3 Å². The van der Waals surface area contributed by atoms with Crippen LogP contribution in [0.25, 0.3) is 11.4 Å². The zero-order valence-electron chi connectivity index (χ0n) is 25.8. The lowest BCUT2D eigenvalue weighted by molar-refractivity contribution is 0.0578. The van der Waals surface area contributed by atoms with Gasteiger partial charge in [-0.25, -0.2) is 51.9 Å². The molecule has 0 aliphatic carbocycles. The Labute approximate surface area is 279 Å². The normalized spacial score (nSPS) is 9.82. The fourth-order valence-electron chi connectivity index (χ4n) is 3.40. The Morgan fingerprint density at radius 2 is 1.18 bits per heavy atom. The molecule has 0 spiro atoms. The van der Waals surface area contributed by atoms with Gasteiger partial charge in [0, 0.05) is 5.46 Å². The Kier molecular flexibility index (Phi) is 14.0. The lowest BCUT2D eigenvalue weighted by Gasteiger charge is -2.00. The first-order valence-electron chi connectivity index (χ1n) is 13.7. The molecule has 50 heavy (non-hydrogen) atoms. The zero-order valence-corrected chi connectivity index (χ0v) is 25.8. The second-order valence-electron chi connectivity index (χ2n) is 8.95. The minimum Gasteiger partial charge on any atom is -0.475 e. The predicted octanol–water partition coefficient (Wildman–Crippen LogP) is 1.39. The Hall–Kier alpha value is -6.74. The molecule has 0 atom stereocenters. The highest BCUT2D eigenvalue weighted by Gasteiger charge is 2.15. The van der Waals surface area contributed by atoms with Crippen LogP contribution in [0.5, 0.6) is 0 Å². The van der Waals surface area contributed by atoms with Crippen molar-refractivity contribution in [2.45, 2.75) is 0 Å². The molecule has 0 bridgehead atoms. The number of methoxy groups -OCH3 is 2. The van der Waals surface area contributed by atoms with Gasteiger partial charge in [0.15, 0.2) is 0 Å². The van der Waals surface area contributed by atoms with Crippen molar-refractivity contribution >= 4 is 30.5 Å². The third-order valence-corrected chi connectivity index (χ3v) is 5.72. The summed E-state index contributed by atoms with van der Waals surface area (Å²) in [6, 6.07) is 17.5. The van der Waals surface area contributed by atoms with Crippen molar-refractivity contribution in [3.8, 4) is 11.4 Å². The summed E-state index contributed by atoms with van der Waals surface area (Å²) in [5.41, 5.74) is 0.296. The highest BCUT2D eigenvalue weighted by Crippen LogP contribution is 2.12. The van der Waals surface area contributed by atoms with Crippen LogP contribution >= 0.6 is 0 Å². The van der Waals surface area contributed by atoms with Gasteiger partial charge in [-0.2, -0.15) is 5.10 Å². The summed E-state index contributed by atoms with van der Waals surface area (Å²) in [5.74, 6) is -4.28. The average molecular weight is 695 g/mol. The number of para-hydroxylation sites is 2. The molecule has 0 radical (unpaired) electrons. The van der Waals surface area contributed by atoms with Crippen LogP contribution in [0.15, 0.2) is 91.8 Å². The van der Waals surface area contributed by atoms with E-state index in [1.165, 1.54) is 86.2 Å². The Bertz CT molecular complexity index is 2010. The SMILES string of the molecule is COC(=O)c1ncn(-c2ccccc2F)n1.COC(=O)c1ncn[nH]1.O=C(O)c1ncn(-c2ccccc2F)n1.OB(O)c1ccccc1F. The number of nitrogens with zero attached hydrogens (tertiary/aromatic N) is 8. The van der Waals surface area contributed by atoms with E-state index in [4.69, 9.17) is 15.2 Å². The molecule has 0 saturated heterocycles. The highest BCUT2D eigenvalue weighted by molar-refractivity contribution is 6.58. The number of carbonyl (C=O) groups excluding carboxylic acids is 2. The number of hydrogen-bond acceptors (Lipinski definition) is 13. The number of aromatic carboxylic acids is 1. The zero-order chi connectivity index (χ0) is 36.6. The maximum Gasteiger partial charge on any atom is 0.491 e. The monoisotopic (exact) mass is 695 g/mol. The van der Waals surface area contributed by atoms with Crippen LogP contribution in [0.3, 0.4) is 0 Å². The fourth-order valence-corrected chi connectivity index (χ4v) is 3.40. The molecule has 0 saturated carbocycles. The van der Waals surface area contributed by atoms with Crippen molar-refractivity contribution in [3.05, 3.63) is 127 Å². The number of rotatable bonds is 6. The molecule has 17 nitrogen and oxygen atoms in total. The van der Waals surface area contributed by atoms with E-state index in [0.717, 1.165) is 11.0 Å². The summed E-state index contributed by atoms with van der Waals surface area (Å²) in [4.78, 5) is 42.9. The highest BCUT2D eigenvalue weighted by atomic mass is 19.1. The number of ether oxygens (including phenoxy) is 2. The van der Waals surface area contributed by atoms with E-state index in [1.54, 1.807) is 18.2 Å². The molecule has 0 fully saturated rings. The van der Waals surface area contributed by atoms with Crippen LogP contribution in [0.4, 0.5) is 13.2 Å². The lowest BCUT2D eigenvalue weighted by atomic mass is 9.80. The minimum absolute atomic E-state index is 0.0949. The Morgan fingerprint density at radius 1 is 0.700 bits per heavy atom. The molecule has 3 aromatic carbocycles. The van der Waals surface area contributed by atoms with Gasteiger partial charge in [0.25, 0.3) is 11.6 Å². The lowest BCUT2D eigenvalue weighted by Crippen LogP contribution is -2.32. The van der Waals surface area contributed by atoms with Crippen LogP contribution in [0.2, 0.25) is 0 Å². The van der Waals surface area contributed by atoms with Crippen molar-refractivity contribution in [1.29, 1.82) is 0 Å². The van der Waals surface area contributed by atoms with Crippen molar-refractivity contribution in [1.82, 2.24) is 44.7 Å². The minimum atomic E-state index is -1.72. The number of carboxylic acids is 1. The molecule has 0 amide bonds. The van der Waals surface area contributed by atoms with Gasteiger partial charge in [-0.3, -0.25) is 5.10 Å². The molecule has 4 N–H and O–H groups in total. The number of esters is 2. The van der Waals surface area contributed by atoms with Gasteiger partial charge in [0.2, 0.25) is 5.82 Å². The number of aromatic amines is 1. The molecule has 6 aromatic rings. The quantitative estimate of drug-likeness (QED) is 0.143. The molecular weight excluding hydrogens is 670 g/mol. The van der Waals surface area contributed by atoms with Gasteiger partial charge in [-0.15, -0.1) is 10.2 Å². The van der Waals surface area contributed by atoms with E-state index in [9.17, 15) is 27.6 Å². The second-order valence-corrected chi connectivity index (χ2v) is 8.95. The molecule has 0 aliphatic rings. The summed E-state index contributed by atoms with van der Waals surface area (Å²) in [6.07, 6.45) is 3.65. The van der Waals surface area contributed by atoms with Crippen LogP contribution < -0.4 is 5.46 Å². The maximum absolute atomic E-state index is 13.4. The number of hydrogen-bond donors (Lipinski definition) is 4. The molecular formula is C29H25BF3N9O8. The van der Waals surface area contributed by atoms with Gasteiger partial charge >= 0.3 is 25.0 Å². The van der Waals surface area contributed by atoms with Crippen molar-refractivity contribution in [2.75, 3.05) is 14.2 Å². The number of halogens is 3. The average Bonchev–Trinajstić information content (AvgIpc) is 3.92. The molecule has 6 rings (SSSR count). The van der Waals surface area contributed by atoms with Gasteiger partial charge < -0.3 is 24.6 Å². The maximum atomic E-state index is 13.4. The molecule has 0 aliphatic heterocycles. The van der Waals surface area contributed by atoms with E-state index >= 15 is 0 Å². The first-order valence-corrected chi connectivity index (χ1v) is 13.7. The summed E-state index contributed by atoms with van der Waals surface area (Å²) in [5, 5.41) is 38.8. The molecule has 258 valence electrons. The number of carbonyl (C=O) groups is 3. The number of aromatic nitrogens is 9. The van der Waals surface area contributed by atoms with Crippen LogP contribution in [0.1, 0.15) is 31.9 Å². The largest absolute Gasteiger partial charge is 0.491 e. The van der Waals surface area contributed by atoms with Gasteiger partial charge in [-0.1, -0.05) is 42.5 Å². The standard InChI is InChI=1S/C10H8FN3O2.C9H6FN3O2.C6H6BFO2.C4H5N3O2/c1-16-10(15)9-12-6-14(13-9)8-5-3-2-4-7(8)11;10-6-3-1-2-4-7(6)13-5-11-8(12-13)9(14)15;8-6-4-2-1-3-5(6)7(9)10;1-9-4(8)3-5-2-6-7-3/h2-6H,1H3;1-5H,(H,14,15);1-4,9-10H;2H,1H3,(H,5,6,7). The Morgan fingerprint density at radius 3 is 1.58 bits per heavy atom. The number of benzene rings is 3. The first kappa shape index (κ1) is 37.7. The third-order valence-electron chi connectivity index (χ3n) is 5.72. The second kappa shape index (κ2) is 18.6. The van der Waals surface area contributed by atoms with Crippen molar-refractivity contribution in [2.24, 2.45) is 0 Å². The summed E-state index contributed by atoms with van der Waals surface area (Å²) < 4.78 is 50.2. The number of carboxylic acid groups (broad SMARTS) is 1. The molecule has 21 heteroatoms. The van der Waals surface area contributed by atoms with E-state index in [1.807, 2.05) is 0 Å². The van der Waals surface area contributed by atoms with Gasteiger partial charge in [0.05, 0.1) is 14.2 Å². The smallest absolute Gasteiger partial charge is 0.475 e. The van der Waals surface area contributed by atoms with Crippen molar-refractivity contribution < 1.29 is 52.2 Å². The molecule has 0 unspecified atom stereocenters. The van der Waals surface area contributed by atoms with E-state index in [0.29, 0.717) is 0 Å². The topological polar surface area (TPSA) is 233 Å². The van der Waals surface area contributed by atoms with E-state index in [2.05, 4.69) is 44.8 Å². The van der Waals surface area contributed by atoms with Crippen molar-refractivity contribution in [3.63, 3.8) is 0 Å². The molecule has 3 aromatic heterocycles. The van der Waals surface area contributed by atoms with Gasteiger partial charge in [-0.05, 0) is 30.3 Å². The van der Waals surface area contributed by atoms with Gasteiger partial charge in [0.1, 0.15) is 47.8 Å². The number of nitrogens with one attached hydrogen (secondary N) is 1. The fraction of sp³-hybridized carbons (Fsp3) is 0.0690. The van der Waals surface area contributed by atoms with Crippen LogP contribution in [-0.4, -0.2) is 99.1 Å². The number of H-pyrrole nitrogens is 1. The van der Waals surface area contributed by atoms with Crippen LogP contribution in [-0.2, 0) is 9.47 Å². The predicted molar refractivity (Wildman–Crippen MR) is 165 cm³/mol. The van der Waals surface area contributed by atoms with E-state index < -0.39 is 42.5 Å². The summed E-state index contributed by atoms with van der Waals surface area (Å²) in [6.45, 7) is 0. The summed E-state index contributed by atoms with van der Waals surface area (Å²) >= 11 is 0. The summed E-state index contributed by atoms with van der Waals surface area (Å²) in [7, 11) is 0.790. The Balaban J connectivity index is 0.000000185. The van der Waals surface area contributed by atoms with Crippen LogP contribution in [0, 0.1) is 17.5 Å².